The molecule has 0 saturated carbocycles. The molecule has 10 heteroatoms. The van der Waals surface area contributed by atoms with Crippen LogP contribution in [0.1, 0.15) is 41.5 Å². The summed E-state index contributed by atoms with van der Waals surface area (Å²) >= 11 is 3.61. The highest BCUT2D eigenvalue weighted by molar-refractivity contribution is 9.09. The van der Waals surface area contributed by atoms with Crippen molar-refractivity contribution in [3.8, 4) is 0 Å². The van der Waals surface area contributed by atoms with Gasteiger partial charge in [-0.2, -0.15) is 0 Å². The highest BCUT2D eigenvalue weighted by atomic mass is 79.9. The van der Waals surface area contributed by atoms with Gasteiger partial charge in [0.1, 0.15) is 18.3 Å². The van der Waals surface area contributed by atoms with Crippen molar-refractivity contribution in [1.82, 2.24) is 0 Å². The molecule has 3 fully saturated rings. The predicted molar refractivity (Wildman–Crippen MR) is 123 cm³/mol. The van der Waals surface area contributed by atoms with Gasteiger partial charge in [0.2, 0.25) is 0 Å². The van der Waals surface area contributed by atoms with Gasteiger partial charge in [0.15, 0.2) is 17.4 Å². The Bertz CT molecular complexity index is 551. The van der Waals surface area contributed by atoms with Crippen LogP contribution in [0.5, 0.6) is 0 Å². The minimum Gasteiger partial charge on any atom is -0.373 e. The van der Waals surface area contributed by atoms with Gasteiger partial charge in [0.05, 0.1) is 64.9 Å². The van der Waals surface area contributed by atoms with Crippen molar-refractivity contribution in [2.24, 2.45) is 5.41 Å². The van der Waals surface area contributed by atoms with Gasteiger partial charge in [0, 0.05) is 5.33 Å². The van der Waals surface area contributed by atoms with Crippen molar-refractivity contribution in [1.29, 1.82) is 0 Å². The van der Waals surface area contributed by atoms with Gasteiger partial charge in [-0.1, -0.05) is 15.9 Å². The standard InChI is InChI=1S/C23H41BrO9/c1-20(2)28-9-18(10-29-20)25-7-17(8-26-19-11-30-21(3,4)31-12-19)27-14-23(13-24)15-32-22(5,6)33-16-23/h17-19H,7-16H2,1-6H3. The molecule has 0 aromatic rings. The fraction of sp³-hybridized carbons (Fsp3) is 1.00. The van der Waals surface area contributed by atoms with E-state index in [2.05, 4.69) is 15.9 Å². The highest BCUT2D eigenvalue weighted by Gasteiger charge is 2.40. The number of ether oxygens (including phenoxy) is 9. The Kier molecular flexibility index (Phi) is 9.61. The lowest BCUT2D eigenvalue weighted by Gasteiger charge is -2.43. The average molecular weight is 541 g/mol. The van der Waals surface area contributed by atoms with Crippen LogP contribution >= 0.6 is 15.9 Å². The molecule has 3 heterocycles. The van der Waals surface area contributed by atoms with Crippen LogP contribution in [0.4, 0.5) is 0 Å². The molecule has 3 aliphatic heterocycles. The molecule has 0 spiro atoms. The van der Waals surface area contributed by atoms with Crippen LogP contribution in [0, 0.1) is 5.41 Å². The molecule has 0 bridgehead atoms. The van der Waals surface area contributed by atoms with Crippen molar-refractivity contribution in [2.45, 2.75) is 77.2 Å². The van der Waals surface area contributed by atoms with Crippen molar-refractivity contribution in [3.63, 3.8) is 0 Å². The maximum atomic E-state index is 6.30. The first-order valence-electron chi connectivity index (χ1n) is 11.7. The first kappa shape index (κ1) is 27.7. The minimum atomic E-state index is -0.583. The van der Waals surface area contributed by atoms with E-state index < -0.39 is 17.4 Å². The molecule has 0 N–H and O–H groups in total. The van der Waals surface area contributed by atoms with Crippen LogP contribution in [0.25, 0.3) is 0 Å². The summed E-state index contributed by atoms with van der Waals surface area (Å²) in [6.45, 7) is 15.5. The molecule has 0 atom stereocenters. The SMILES string of the molecule is CC1(C)OCC(OCC(COC2COC(C)(C)OC2)OCC2(CBr)COC(C)(C)OC2)CO1. The quantitative estimate of drug-likeness (QED) is 0.388. The van der Waals surface area contributed by atoms with E-state index in [4.69, 9.17) is 42.6 Å². The van der Waals surface area contributed by atoms with Crippen LogP contribution in [0.3, 0.4) is 0 Å². The largest absolute Gasteiger partial charge is 0.373 e. The van der Waals surface area contributed by atoms with Crippen molar-refractivity contribution in [3.05, 3.63) is 0 Å². The summed E-state index contributed by atoms with van der Waals surface area (Å²) in [5.74, 6) is -1.74. The van der Waals surface area contributed by atoms with Crippen LogP contribution in [-0.2, 0) is 42.6 Å². The van der Waals surface area contributed by atoms with Crippen molar-refractivity contribution < 1.29 is 42.6 Å². The second-order valence-electron chi connectivity index (χ2n) is 10.5. The number of hydrogen-bond donors (Lipinski definition) is 0. The summed E-state index contributed by atoms with van der Waals surface area (Å²) in [4.78, 5) is 0. The van der Waals surface area contributed by atoms with E-state index in [0.717, 1.165) is 0 Å². The zero-order valence-electron chi connectivity index (χ0n) is 20.9. The Morgan fingerprint density at radius 1 is 0.697 bits per heavy atom. The van der Waals surface area contributed by atoms with E-state index in [0.29, 0.717) is 64.8 Å². The molecule has 3 aliphatic rings. The number of hydrogen-bond acceptors (Lipinski definition) is 9. The Morgan fingerprint density at radius 2 is 1.09 bits per heavy atom. The number of rotatable bonds is 10. The first-order chi connectivity index (χ1) is 15.4. The molecule has 0 amide bonds. The summed E-state index contributed by atoms with van der Waals surface area (Å²) in [5, 5.41) is 0.698. The van der Waals surface area contributed by atoms with Crippen molar-refractivity contribution >= 4 is 15.9 Å². The van der Waals surface area contributed by atoms with Crippen LogP contribution < -0.4 is 0 Å². The second kappa shape index (κ2) is 11.5. The maximum absolute atomic E-state index is 6.30. The Balaban J connectivity index is 1.51. The molecule has 0 radical (unpaired) electrons. The lowest BCUT2D eigenvalue weighted by atomic mass is 9.92. The molecule has 33 heavy (non-hydrogen) atoms. The summed E-state index contributed by atoms with van der Waals surface area (Å²) in [5.41, 5.74) is -0.282. The predicted octanol–water partition coefficient (Wildman–Crippen LogP) is 2.87. The summed E-state index contributed by atoms with van der Waals surface area (Å²) in [6.07, 6.45) is -0.599. The minimum absolute atomic E-state index is 0.154. The van der Waals surface area contributed by atoms with Crippen LogP contribution in [0.15, 0.2) is 0 Å². The van der Waals surface area contributed by atoms with E-state index in [9.17, 15) is 0 Å². The van der Waals surface area contributed by atoms with Crippen LogP contribution in [-0.4, -0.2) is 100 Å². The third kappa shape index (κ3) is 8.93. The van der Waals surface area contributed by atoms with Gasteiger partial charge >= 0.3 is 0 Å². The molecule has 0 aromatic heterocycles. The molecule has 194 valence electrons. The van der Waals surface area contributed by atoms with Crippen LogP contribution in [0.2, 0.25) is 0 Å². The normalized spacial score (nSPS) is 27.6. The monoisotopic (exact) mass is 540 g/mol. The van der Waals surface area contributed by atoms with Gasteiger partial charge in [-0.05, 0) is 41.5 Å². The van der Waals surface area contributed by atoms with E-state index in [1.54, 1.807) is 0 Å². The third-order valence-electron chi connectivity index (χ3n) is 5.86. The van der Waals surface area contributed by atoms with Crippen molar-refractivity contribution in [2.75, 3.05) is 64.8 Å². The fourth-order valence-corrected chi connectivity index (χ4v) is 3.89. The zero-order valence-corrected chi connectivity index (χ0v) is 22.4. The Labute approximate surface area is 206 Å². The van der Waals surface area contributed by atoms with Gasteiger partial charge < -0.3 is 42.6 Å². The molecule has 0 aliphatic carbocycles. The summed E-state index contributed by atoms with van der Waals surface area (Å²) in [7, 11) is 0. The molecular weight excluding hydrogens is 500 g/mol. The smallest absolute Gasteiger partial charge is 0.163 e. The summed E-state index contributed by atoms with van der Waals surface area (Å²) in [6, 6.07) is 0. The number of halogens is 1. The molecule has 0 unspecified atom stereocenters. The van der Waals surface area contributed by atoms with E-state index in [1.165, 1.54) is 0 Å². The maximum Gasteiger partial charge on any atom is 0.163 e. The van der Waals surface area contributed by atoms with E-state index in [1.807, 2.05) is 41.5 Å². The topological polar surface area (TPSA) is 83.1 Å². The molecule has 0 aromatic carbocycles. The lowest BCUT2D eigenvalue weighted by molar-refractivity contribution is -0.295. The van der Waals surface area contributed by atoms with E-state index in [-0.39, 0.29) is 23.7 Å². The van der Waals surface area contributed by atoms with Gasteiger partial charge in [-0.15, -0.1) is 0 Å². The summed E-state index contributed by atoms with van der Waals surface area (Å²) < 4.78 is 53.0. The second-order valence-corrected chi connectivity index (χ2v) is 11.1. The average Bonchev–Trinajstić information content (AvgIpc) is 2.76. The van der Waals surface area contributed by atoms with E-state index >= 15 is 0 Å². The first-order valence-corrected chi connectivity index (χ1v) is 12.8. The molecule has 3 saturated heterocycles. The molecule has 9 nitrogen and oxygen atoms in total. The van der Waals surface area contributed by atoms with Gasteiger partial charge in [-0.3, -0.25) is 0 Å². The zero-order chi connectivity index (χ0) is 24.2. The fourth-order valence-electron chi connectivity index (χ4n) is 3.41. The third-order valence-corrected chi connectivity index (χ3v) is 7.05. The highest BCUT2D eigenvalue weighted by Crippen LogP contribution is 2.32. The lowest BCUT2D eigenvalue weighted by Crippen LogP contribution is -2.51. The molecule has 3 rings (SSSR count). The molecular formula is C23H41BrO9. The Morgan fingerprint density at radius 3 is 1.48 bits per heavy atom. The van der Waals surface area contributed by atoms with Gasteiger partial charge in [0.25, 0.3) is 0 Å². The Hall–Kier alpha value is 0.120. The number of alkyl halides is 1. The van der Waals surface area contributed by atoms with Gasteiger partial charge in [-0.25, -0.2) is 0 Å².